The molecule has 0 saturated carbocycles. The summed E-state index contributed by atoms with van der Waals surface area (Å²) in [5.41, 5.74) is 3.60. The predicted octanol–water partition coefficient (Wildman–Crippen LogP) is 6.53. The highest BCUT2D eigenvalue weighted by Gasteiger charge is 2.39. The summed E-state index contributed by atoms with van der Waals surface area (Å²) in [5.74, 6) is 0. The molecule has 0 saturated heterocycles. The highest BCUT2D eigenvalue weighted by molar-refractivity contribution is 9.10. The molecule has 21 heavy (non-hydrogen) atoms. The first-order valence-electron chi connectivity index (χ1n) is 10.1. The number of benzene rings is 1. The van der Waals surface area contributed by atoms with Crippen LogP contribution in [-0.4, -0.2) is 0 Å². The summed E-state index contributed by atoms with van der Waals surface area (Å²) in [6.07, 6.45) is -0.00609. The summed E-state index contributed by atoms with van der Waals surface area (Å²) in [5, 5.41) is 0. The zero-order valence-electron chi connectivity index (χ0n) is 18.1. The second kappa shape index (κ2) is 5.12. The minimum Gasteiger partial charge on any atom is -0.0842 e. The van der Waals surface area contributed by atoms with Gasteiger partial charge < -0.3 is 0 Å². The third-order valence-corrected chi connectivity index (χ3v) is 5.64. The Kier molecular flexibility index (Phi) is 2.45. The number of halogens is 1. The lowest BCUT2D eigenvalue weighted by Crippen LogP contribution is -2.34. The van der Waals surface area contributed by atoms with Gasteiger partial charge in [0.1, 0.15) is 0 Å². The van der Waals surface area contributed by atoms with Crippen LogP contribution in [0.1, 0.15) is 76.9 Å². The van der Waals surface area contributed by atoms with Crippen LogP contribution in [-0.2, 0) is 10.8 Å². The number of hydrogen-bond acceptors (Lipinski definition) is 0. The molecule has 0 aliphatic heterocycles. The topological polar surface area (TPSA) is 0 Å². The van der Waals surface area contributed by atoms with Crippen LogP contribution in [0.15, 0.2) is 34.8 Å². The predicted molar refractivity (Wildman–Crippen MR) is 95.8 cm³/mol. The Labute approximate surface area is 144 Å². The highest BCUT2D eigenvalue weighted by atomic mass is 79.9. The Morgan fingerprint density at radius 1 is 1.14 bits per heavy atom. The molecule has 0 nitrogen and oxygen atoms in total. The fourth-order valence-electron chi connectivity index (χ4n) is 3.36. The summed E-state index contributed by atoms with van der Waals surface area (Å²) >= 11 is 3.75. The van der Waals surface area contributed by atoms with Crippen LogP contribution in [0.3, 0.4) is 0 Å². The van der Waals surface area contributed by atoms with Crippen molar-refractivity contribution in [3.05, 3.63) is 51.5 Å². The zero-order chi connectivity index (χ0) is 19.6. The van der Waals surface area contributed by atoms with Gasteiger partial charge in [0.25, 0.3) is 0 Å². The molecule has 1 heteroatoms. The Morgan fingerprint density at radius 3 is 2.62 bits per heavy atom. The van der Waals surface area contributed by atoms with Crippen molar-refractivity contribution in [2.24, 2.45) is 0 Å². The van der Waals surface area contributed by atoms with Crippen LogP contribution in [0.4, 0.5) is 0 Å². The molecule has 0 heterocycles. The van der Waals surface area contributed by atoms with Gasteiger partial charge in [-0.2, -0.15) is 0 Å². The lowest BCUT2D eigenvalue weighted by molar-refractivity contribution is 0.330. The lowest BCUT2D eigenvalue weighted by Gasteiger charge is -2.43. The SMILES string of the molecule is [2H]C1=C([2H])C([2H])C([2H])C(c2ccc3c(c2Br)C(C)(C)CCC3(C)C)=C1[2H]. The zero-order valence-corrected chi connectivity index (χ0v) is 14.7. The molecule has 0 N–H and O–H groups in total. The molecular formula is C20H25Br. The van der Waals surface area contributed by atoms with E-state index >= 15 is 0 Å². The van der Waals surface area contributed by atoms with Crippen molar-refractivity contribution in [2.75, 3.05) is 0 Å². The monoisotopic (exact) mass is 349 g/mol. The average Bonchev–Trinajstić information content (AvgIpc) is 2.56. The summed E-state index contributed by atoms with van der Waals surface area (Å²) in [7, 11) is 0. The van der Waals surface area contributed by atoms with Crippen molar-refractivity contribution in [1.29, 1.82) is 0 Å². The van der Waals surface area contributed by atoms with Crippen LogP contribution >= 0.6 is 15.9 Å². The van der Waals surface area contributed by atoms with Gasteiger partial charge in [-0.05, 0) is 74.7 Å². The minimum absolute atomic E-state index is 0.0325. The van der Waals surface area contributed by atoms with Crippen LogP contribution in [0, 0.1) is 0 Å². The van der Waals surface area contributed by atoms with E-state index in [1.165, 1.54) is 11.1 Å². The molecule has 112 valence electrons. The van der Waals surface area contributed by atoms with E-state index < -0.39 is 12.8 Å². The van der Waals surface area contributed by atoms with E-state index in [2.05, 4.69) is 49.7 Å². The normalized spacial score (nSPS) is 34.4. The van der Waals surface area contributed by atoms with Gasteiger partial charge in [0.05, 0.1) is 4.11 Å². The van der Waals surface area contributed by atoms with Gasteiger partial charge in [0.15, 0.2) is 0 Å². The Morgan fingerprint density at radius 2 is 1.86 bits per heavy atom. The number of allylic oxidation sites excluding steroid dienone is 4. The lowest BCUT2D eigenvalue weighted by atomic mass is 9.63. The first kappa shape index (κ1) is 10.0. The first-order valence-corrected chi connectivity index (χ1v) is 8.26. The van der Waals surface area contributed by atoms with E-state index in [-0.39, 0.29) is 29.0 Å². The van der Waals surface area contributed by atoms with Crippen molar-refractivity contribution >= 4 is 21.5 Å². The largest absolute Gasteiger partial charge is 0.0842 e. The fourth-order valence-corrected chi connectivity index (χ4v) is 4.46. The Bertz CT molecular complexity index is 835. The molecule has 3 rings (SSSR count). The van der Waals surface area contributed by atoms with Crippen molar-refractivity contribution < 1.29 is 6.85 Å². The second-order valence-corrected chi connectivity index (χ2v) is 8.05. The molecule has 2 aliphatic rings. The van der Waals surface area contributed by atoms with E-state index in [0.29, 0.717) is 11.1 Å². The summed E-state index contributed by atoms with van der Waals surface area (Å²) < 4.78 is 41.6. The standard InChI is InChI=1S/C20H25Br/c1-19(2)12-13-20(3,4)17-16(19)11-10-15(18(17)21)14-8-6-5-7-9-14/h5-6,8,10-11H,7,9,12-13H2,1-4H3/i5D,6D,7D,8D,9D. The van der Waals surface area contributed by atoms with Crippen molar-refractivity contribution in [3.8, 4) is 0 Å². The molecule has 2 unspecified atom stereocenters. The number of rotatable bonds is 1. The van der Waals surface area contributed by atoms with Gasteiger partial charge in [-0.1, -0.05) is 58.0 Å². The van der Waals surface area contributed by atoms with Gasteiger partial charge in [-0.25, -0.2) is 0 Å². The molecule has 0 bridgehead atoms. The van der Waals surface area contributed by atoms with E-state index in [9.17, 15) is 0 Å². The molecular weight excluding hydrogens is 320 g/mol. The van der Waals surface area contributed by atoms with Gasteiger partial charge in [0, 0.05) is 7.21 Å². The van der Waals surface area contributed by atoms with Gasteiger partial charge in [0.2, 0.25) is 0 Å². The van der Waals surface area contributed by atoms with Crippen molar-refractivity contribution in [3.63, 3.8) is 0 Å². The van der Waals surface area contributed by atoms with Crippen LogP contribution in [0.5, 0.6) is 0 Å². The third kappa shape index (κ3) is 2.54. The summed E-state index contributed by atoms with van der Waals surface area (Å²) in [6, 6.07) is 3.42. The molecule has 0 radical (unpaired) electrons. The fraction of sp³-hybridized carbons (Fsp3) is 0.500. The summed E-state index contributed by atoms with van der Waals surface area (Å²) in [6.45, 7) is 8.92. The number of hydrogen-bond donors (Lipinski definition) is 0. The quantitative estimate of drug-likeness (QED) is 0.540. The Hall–Kier alpha value is -0.820. The van der Waals surface area contributed by atoms with E-state index in [0.717, 1.165) is 17.3 Å². The maximum atomic E-state index is 8.41. The molecule has 1 aromatic carbocycles. The molecule has 0 fully saturated rings. The first-order chi connectivity index (χ1) is 11.9. The maximum absolute atomic E-state index is 8.41. The molecule has 2 aliphatic carbocycles. The smallest absolute Gasteiger partial charge is 0.0626 e. The average molecular weight is 350 g/mol. The van der Waals surface area contributed by atoms with Gasteiger partial charge in [-0.3, -0.25) is 0 Å². The van der Waals surface area contributed by atoms with Crippen LogP contribution in [0.2, 0.25) is 0 Å². The second-order valence-electron chi connectivity index (χ2n) is 7.26. The van der Waals surface area contributed by atoms with E-state index in [1.54, 1.807) is 0 Å². The highest BCUT2D eigenvalue weighted by Crippen LogP contribution is 2.50. The third-order valence-electron chi connectivity index (χ3n) is 4.82. The van der Waals surface area contributed by atoms with Gasteiger partial charge in [-0.15, -0.1) is 0 Å². The molecule has 0 amide bonds. The molecule has 1 aromatic rings. The van der Waals surface area contributed by atoms with Crippen molar-refractivity contribution in [1.82, 2.24) is 0 Å². The maximum Gasteiger partial charge on any atom is 0.0626 e. The molecule has 2 atom stereocenters. The van der Waals surface area contributed by atoms with E-state index in [1.807, 2.05) is 6.07 Å². The minimum atomic E-state index is -1.13. The summed E-state index contributed by atoms with van der Waals surface area (Å²) in [4.78, 5) is 0. The van der Waals surface area contributed by atoms with Crippen LogP contribution in [0.25, 0.3) is 5.57 Å². The van der Waals surface area contributed by atoms with Crippen LogP contribution < -0.4 is 0 Å². The number of fused-ring (bicyclic) bond motifs is 1. The molecule has 0 aromatic heterocycles. The van der Waals surface area contributed by atoms with Gasteiger partial charge >= 0.3 is 0 Å². The molecule has 0 spiro atoms. The van der Waals surface area contributed by atoms with Crippen molar-refractivity contribution in [2.45, 2.75) is 64.2 Å². The van der Waals surface area contributed by atoms with E-state index in [4.69, 9.17) is 6.85 Å². The Balaban J connectivity index is 2.30.